The molecule has 11 heavy (non-hydrogen) atoms. The van der Waals surface area contributed by atoms with Crippen molar-refractivity contribution in [1.82, 2.24) is 10.0 Å². The smallest absolute Gasteiger partial charge is 0.0774 e. The van der Waals surface area contributed by atoms with E-state index < -0.39 is 0 Å². The average molecular weight is 156 g/mol. The van der Waals surface area contributed by atoms with Crippen molar-refractivity contribution >= 4 is 11.9 Å². The van der Waals surface area contributed by atoms with Crippen molar-refractivity contribution in [2.75, 3.05) is 28.2 Å². The average Bonchev–Trinajstić information content (AvgIpc) is 1.82. The molecule has 4 nitrogen and oxygen atoms in total. The second-order valence-corrected chi connectivity index (χ2v) is 2.68. The van der Waals surface area contributed by atoms with Gasteiger partial charge in [-0.3, -0.25) is 0 Å². The summed E-state index contributed by atoms with van der Waals surface area (Å²) in [6, 6.07) is 0. The fraction of sp³-hybridized carbons (Fsp3) is 0.714. The lowest BCUT2D eigenvalue weighted by atomic mass is 10.5. The van der Waals surface area contributed by atoms with Crippen LogP contribution >= 0.6 is 0 Å². The summed E-state index contributed by atoms with van der Waals surface area (Å²) in [4.78, 5) is 0. The summed E-state index contributed by atoms with van der Waals surface area (Å²) in [7, 11) is 7.51. The molecule has 4 heteroatoms. The maximum Gasteiger partial charge on any atom is 0.0774 e. The van der Waals surface area contributed by atoms with Crippen LogP contribution in [0.4, 0.5) is 0 Å². The van der Waals surface area contributed by atoms with Gasteiger partial charge in [-0.05, 0) is 6.92 Å². The van der Waals surface area contributed by atoms with Gasteiger partial charge in [-0.15, -0.1) is 0 Å². The highest BCUT2D eigenvalue weighted by Crippen LogP contribution is 1.79. The molecule has 0 aromatic heterocycles. The number of nitrogens with zero attached hydrogens (tertiary/aromatic N) is 4. The highest BCUT2D eigenvalue weighted by Gasteiger charge is 1.85. The van der Waals surface area contributed by atoms with Crippen LogP contribution in [0, 0.1) is 0 Å². The second-order valence-electron chi connectivity index (χ2n) is 2.68. The summed E-state index contributed by atoms with van der Waals surface area (Å²) in [5.74, 6) is 0. The van der Waals surface area contributed by atoms with E-state index in [0.29, 0.717) is 0 Å². The van der Waals surface area contributed by atoms with Crippen molar-refractivity contribution in [3.05, 3.63) is 0 Å². The van der Waals surface area contributed by atoms with Gasteiger partial charge in [-0.25, -0.2) is 0 Å². The van der Waals surface area contributed by atoms with Crippen LogP contribution in [0.25, 0.3) is 0 Å². The van der Waals surface area contributed by atoms with E-state index in [1.54, 1.807) is 16.2 Å². The Morgan fingerprint density at radius 1 is 1.09 bits per heavy atom. The van der Waals surface area contributed by atoms with Crippen LogP contribution in [0.15, 0.2) is 10.2 Å². The van der Waals surface area contributed by atoms with E-state index in [0.717, 1.165) is 5.71 Å². The molecule has 0 heterocycles. The van der Waals surface area contributed by atoms with Gasteiger partial charge in [-0.2, -0.15) is 10.2 Å². The van der Waals surface area contributed by atoms with Gasteiger partial charge in [0.1, 0.15) is 0 Å². The molecule has 0 unspecified atom stereocenters. The molecule has 0 amide bonds. The lowest BCUT2D eigenvalue weighted by molar-refractivity contribution is 0.435. The minimum absolute atomic E-state index is 0.892. The molecular formula is C7H16N4. The molecule has 0 atom stereocenters. The Morgan fingerprint density at radius 2 is 1.64 bits per heavy atom. The van der Waals surface area contributed by atoms with E-state index in [1.807, 2.05) is 35.1 Å². The molecular weight excluding hydrogens is 140 g/mol. The SMILES string of the molecule is CC(/C=N/N(C)C)=N/N(C)C. The van der Waals surface area contributed by atoms with Gasteiger partial charge in [0.25, 0.3) is 0 Å². The Balaban J connectivity index is 3.95. The van der Waals surface area contributed by atoms with Crippen LogP contribution in [-0.4, -0.2) is 50.1 Å². The molecule has 0 aliphatic carbocycles. The third-order valence-electron chi connectivity index (χ3n) is 0.833. The fourth-order valence-corrected chi connectivity index (χ4v) is 0.540. The summed E-state index contributed by atoms with van der Waals surface area (Å²) >= 11 is 0. The molecule has 0 aliphatic heterocycles. The summed E-state index contributed by atoms with van der Waals surface area (Å²) in [5.41, 5.74) is 0.892. The summed E-state index contributed by atoms with van der Waals surface area (Å²) in [6.45, 7) is 1.91. The first kappa shape index (κ1) is 9.94. The Kier molecular flexibility index (Phi) is 4.26. The van der Waals surface area contributed by atoms with Crippen LogP contribution < -0.4 is 0 Å². The summed E-state index contributed by atoms with van der Waals surface area (Å²) in [5, 5.41) is 11.6. The van der Waals surface area contributed by atoms with Gasteiger partial charge in [-0.1, -0.05) is 0 Å². The first-order valence-corrected chi connectivity index (χ1v) is 3.46. The van der Waals surface area contributed by atoms with Crippen LogP contribution in [-0.2, 0) is 0 Å². The van der Waals surface area contributed by atoms with E-state index >= 15 is 0 Å². The third-order valence-corrected chi connectivity index (χ3v) is 0.833. The van der Waals surface area contributed by atoms with Gasteiger partial charge in [0, 0.05) is 28.2 Å². The van der Waals surface area contributed by atoms with Gasteiger partial charge < -0.3 is 10.0 Å². The predicted molar refractivity (Wildman–Crippen MR) is 49.0 cm³/mol. The van der Waals surface area contributed by atoms with Crippen molar-refractivity contribution in [2.24, 2.45) is 10.2 Å². The fourth-order valence-electron chi connectivity index (χ4n) is 0.540. The Morgan fingerprint density at radius 3 is 2.00 bits per heavy atom. The molecule has 0 aromatic rings. The zero-order chi connectivity index (χ0) is 8.85. The molecule has 0 spiro atoms. The van der Waals surface area contributed by atoms with E-state index in [-0.39, 0.29) is 0 Å². The van der Waals surface area contributed by atoms with Gasteiger partial charge >= 0.3 is 0 Å². The highest BCUT2D eigenvalue weighted by molar-refractivity contribution is 6.29. The third kappa shape index (κ3) is 6.83. The van der Waals surface area contributed by atoms with Crippen molar-refractivity contribution in [3.8, 4) is 0 Å². The molecule has 0 saturated heterocycles. The van der Waals surface area contributed by atoms with Gasteiger partial charge in [0.05, 0.1) is 11.9 Å². The molecule has 0 rings (SSSR count). The van der Waals surface area contributed by atoms with Gasteiger partial charge in [0.2, 0.25) is 0 Å². The quantitative estimate of drug-likeness (QED) is 0.439. The Hall–Kier alpha value is -1.06. The lowest BCUT2D eigenvalue weighted by Gasteiger charge is -2.05. The van der Waals surface area contributed by atoms with Crippen molar-refractivity contribution < 1.29 is 0 Å². The Labute approximate surface area is 68.2 Å². The molecule has 0 saturated carbocycles. The van der Waals surface area contributed by atoms with E-state index in [1.165, 1.54) is 0 Å². The van der Waals surface area contributed by atoms with Crippen molar-refractivity contribution in [3.63, 3.8) is 0 Å². The van der Waals surface area contributed by atoms with E-state index in [2.05, 4.69) is 10.2 Å². The number of hydrazone groups is 2. The molecule has 0 fully saturated rings. The number of hydrogen-bond donors (Lipinski definition) is 0. The maximum absolute atomic E-state index is 4.12. The predicted octanol–water partition coefficient (Wildman–Crippen LogP) is 0.471. The molecule has 0 N–H and O–H groups in total. The van der Waals surface area contributed by atoms with Crippen LogP contribution in [0.1, 0.15) is 6.92 Å². The summed E-state index contributed by atoms with van der Waals surface area (Å²) in [6.07, 6.45) is 1.72. The second kappa shape index (κ2) is 4.71. The highest BCUT2D eigenvalue weighted by atomic mass is 15.4. The summed E-state index contributed by atoms with van der Waals surface area (Å²) < 4.78 is 0. The van der Waals surface area contributed by atoms with Crippen molar-refractivity contribution in [2.45, 2.75) is 6.92 Å². The topological polar surface area (TPSA) is 31.2 Å². The largest absolute Gasteiger partial charge is 0.303 e. The maximum atomic E-state index is 4.12. The van der Waals surface area contributed by atoms with Gasteiger partial charge in [0.15, 0.2) is 0 Å². The normalized spacial score (nSPS) is 12.3. The molecule has 0 aliphatic rings. The minimum atomic E-state index is 0.892. The molecule has 0 bridgehead atoms. The zero-order valence-corrected chi connectivity index (χ0v) is 7.87. The monoisotopic (exact) mass is 156 g/mol. The zero-order valence-electron chi connectivity index (χ0n) is 7.87. The molecule has 0 aromatic carbocycles. The van der Waals surface area contributed by atoms with E-state index in [9.17, 15) is 0 Å². The van der Waals surface area contributed by atoms with E-state index in [4.69, 9.17) is 0 Å². The first-order chi connectivity index (χ1) is 5.02. The van der Waals surface area contributed by atoms with Crippen LogP contribution in [0.5, 0.6) is 0 Å². The minimum Gasteiger partial charge on any atom is -0.303 e. The molecule has 0 radical (unpaired) electrons. The van der Waals surface area contributed by atoms with Crippen LogP contribution in [0.3, 0.4) is 0 Å². The molecule has 64 valence electrons. The standard InChI is InChI=1S/C7H16N4/c1-7(9-11(4)5)6-8-10(2)3/h6H,1-5H3/b8-6+,9-7-. The first-order valence-electron chi connectivity index (χ1n) is 3.46. The lowest BCUT2D eigenvalue weighted by Crippen LogP contribution is -2.09. The Bertz CT molecular complexity index is 158. The number of rotatable bonds is 3. The number of hydrogen-bond acceptors (Lipinski definition) is 4. The van der Waals surface area contributed by atoms with Crippen molar-refractivity contribution in [1.29, 1.82) is 0 Å². The van der Waals surface area contributed by atoms with Crippen LogP contribution in [0.2, 0.25) is 0 Å².